The Hall–Kier alpha value is -14.1. The number of hydrogen-bond donors (Lipinski definition) is 29. The van der Waals surface area contributed by atoms with Crippen molar-refractivity contribution in [1.29, 1.82) is 0 Å². The first kappa shape index (κ1) is 116. The maximum atomic E-state index is 15.1. The van der Waals surface area contributed by atoms with Gasteiger partial charge < -0.3 is 157 Å². The molecule has 17 amide bonds. The molecule has 0 radical (unpaired) electrons. The number of nitrogens with two attached hydrogens (primary N) is 9. The number of guanidine groups is 3. The van der Waals surface area contributed by atoms with Gasteiger partial charge in [-0.2, -0.15) is 0 Å². The van der Waals surface area contributed by atoms with Crippen molar-refractivity contribution in [3.63, 3.8) is 0 Å². The summed E-state index contributed by atoms with van der Waals surface area (Å²) in [6, 6.07) is -11.4. The molecular weight excluding hydrogens is 1780 g/mol. The van der Waals surface area contributed by atoms with Crippen LogP contribution in [0.15, 0.2) is 76.0 Å². The Morgan fingerprint density at radius 2 is 0.743 bits per heavy atom. The summed E-state index contributed by atoms with van der Waals surface area (Å²) in [5, 5.41) is 80.4. The Morgan fingerprint density at radius 3 is 1.15 bits per heavy atom. The molecular formula is C86H141N29O21. The van der Waals surface area contributed by atoms with E-state index in [0.717, 1.165) is 6.92 Å². The van der Waals surface area contributed by atoms with E-state index in [9.17, 15) is 92.3 Å². The van der Waals surface area contributed by atoms with E-state index < -0.39 is 241 Å². The van der Waals surface area contributed by atoms with Crippen LogP contribution in [0.1, 0.15) is 170 Å². The first-order valence-corrected chi connectivity index (χ1v) is 44.7. The first-order valence-electron chi connectivity index (χ1n) is 44.7. The number of phenols is 2. The Kier molecular flexibility index (Phi) is 50.8. The number of aromatic nitrogens is 2. The number of benzene rings is 2. The van der Waals surface area contributed by atoms with Gasteiger partial charge in [-0.15, -0.1) is 0 Å². The zero-order valence-corrected chi connectivity index (χ0v) is 78.7. The monoisotopic (exact) mass is 1920 g/mol. The Bertz CT molecular complexity index is 4540. The summed E-state index contributed by atoms with van der Waals surface area (Å²) in [6.45, 7) is 16.0. The highest BCUT2D eigenvalue weighted by molar-refractivity contribution is 6.01. The predicted molar refractivity (Wildman–Crippen MR) is 499 cm³/mol. The van der Waals surface area contributed by atoms with Crippen molar-refractivity contribution in [1.82, 2.24) is 89.7 Å². The summed E-state index contributed by atoms with van der Waals surface area (Å²) in [6.07, 6.45) is -2.14. The minimum atomic E-state index is -1.95. The quantitative estimate of drug-likeness (QED) is 0.0142. The summed E-state index contributed by atoms with van der Waals surface area (Å²) in [5.74, 6) is -19.5. The fourth-order valence-corrected chi connectivity index (χ4v) is 13.8. The van der Waals surface area contributed by atoms with Crippen LogP contribution >= 0.6 is 0 Å². The highest BCUT2D eigenvalue weighted by atomic mass is 16.3. The number of imidazole rings is 1. The molecule has 756 valence electrons. The van der Waals surface area contributed by atoms with E-state index in [4.69, 9.17) is 51.6 Å². The van der Waals surface area contributed by atoms with Gasteiger partial charge >= 0.3 is 0 Å². The molecule has 0 fully saturated rings. The van der Waals surface area contributed by atoms with Crippen LogP contribution < -0.4 is 131 Å². The molecule has 3 rings (SSSR count). The molecule has 2 aromatic carbocycles. The van der Waals surface area contributed by atoms with Gasteiger partial charge in [0.25, 0.3) is 0 Å². The van der Waals surface area contributed by atoms with E-state index in [2.05, 4.69) is 105 Å². The second-order valence-electron chi connectivity index (χ2n) is 34.7. The van der Waals surface area contributed by atoms with Gasteiger partial charge in [0, 0.05) is 71.0 Å². The lowest BCUT2D eigenvalue weighted by Crippen LogP contribution is -2.63. The zero-order chi connectivity index (χ0) is 102. The molecule has 1 heterocycles. The summed E-state index contributed by atoms with van der Waals surface area (Å²) >= 11 is 0. The summed E-state index contributed by atoms with van der Waals surface area (Å²) < 4.78 is 0. The molecule has 136 heavy (non-hydrogen) atoms. The summed E-state index contributed by atoms with van der Waals surface area (Å²) in [7, 11) is 0. The van der Waals surface area contributed by atoms with E-state index in [-0.39, 0.29) is 138 Å². The molecule has 0 unspecified atom stereocenters. The molecule has 50 nitrogen and oxygen atoms in total. The van der Waals surface area contributed by atoms with Gasteiger partial charge in [0.2, 0.25) is 100 Å². The summed E-state index contributed by atoms with van der Waals surface area (Å²) in [5.41, 5.74) is 51.4. The number of carbonyl (C=O) groups is 17. The van der Waals surface area contributed by atoms with Crippen LogP contribution in [0.25, 0.3) is 0 Å². The van der Waals surface area contributed by atoms with Crippen molar-refractivity contribution in [2.24, 2.45) is 90.3 Å². The van der Waals surface area contributed by atoms with E-state index in [1.165, 1.54) is 88.8 Å². The van der Waals surface area contributed by atoms with Gasteiger partial charge in [0.1, 0.15) is 90.0 Å². The molecule has 0 spiro atoms. The number of rotatable bonds is 63. The van der Waals surface area contributed by atoms with Crippen molar-refractivity contribution in [2.45, 2.75) is 269 Å². The number of hydrogen-bond acceptors (Lipinski definition) is 26. The molecule has 0 aliphatic heterocycles. The second-order valence-corrected chi connectivity index (χ2v) is 34.7. The number of aliphatic hydroxyl groups excluding tert-OH is 2. The average molecular weight is 1920 g/mol. The van der Waals surface area contributed by atoms with Crippen molar-refractivity contribution in [3.8, 4) is 11.5 Å². The van der Waals surface area contributed by atoms with Crippen LogP contribution in [0.2, 0.25) is 0 Å². The SMILES string of the molecule is CC(=O)N[C@@H](C)C(=O)N[C@@H](CO)C(=O)N[C@H](CN[C@@H](CCCN=C(N)N)C(=O)N[C@@H](Cc1c[nH]cn1)C(=O)N[C@@H](Cc1ccc(O)cc1)C(=O)N[C@@H](CC(C)C)C(=O)N[C@@H](CC(N)=O)C(=O)N[C@@H](CC(C)C)C(=O)N[C@H](C(=O)N[C@H](C(=O)N[C@@H](CCCN=C(N)N)C(=O)N[C@@H](CCC(N)=O)C(=O)N[C@@H](CCCN=C(N)N)C(=O)N[C@@H](Cc1ccc(O)cc1)C(N)=O)[C@@H](C)O)C(C)C)CC(C)C. The van der Waals surface area contributed by atoms with E-state index >= 15 is 9.59 Å². The molecule has 1 aromatic heterocycles. The number of carbonyl (C=O) groups excluding carboxylic acids is 17. The van der Waals surface area contributed by atoms with Crippen LogP contribution in [0, 0.1) is 23.7 Å². The number of nitrogens with one attached hydrogen (secondary N) is 16. The first-order chi connectivity index (χ1) is 63.9. The van der Waals surface area contributed by atoms with Gasteiger partial charge in [-0.3, -0.25) is 96.5 Å². The third-order valence-corrected chi connectivity index (χ3v) is 20.7. The molecule has 0 saturated heterocycles. The molecule has 50 heteroatoms. The second kappa shape index (κ2) is 59.5. The van der Waals surface area contributed by atoms with Crippen LogP contribution in [-0.2, 0) is 101 Å². The number of amides is 17. The predicted octanol–water partition coefficient (Wildman–Crippen LogP) is -8.41. The van der Waals surface area contributed by atoms with E-state index in [1.807, 2.05) is 13.8 Å². The number of aliphatic hydroxyl groups is 2. The van der Waals surface area contributed by atoms with E-state index in [1.54, 1.807) is 27.7 Å². The normalized spacial score (nSPS) is 14.7. The van der Waals surface area contributed by atoms with Crippen molar-refractivity contribution < 1.29 is 102 Å². The Morgan fingerprint density at radius 1 is 0.382 bits per heavy atom. The van der Waals surface area contributed by atoms with Crippen molar-refractivity contribution >= 4 is 118 Å². The molecule has 3 aromatic rings. The van der Waals surface area contributed by atoms with Gasteiger partial charge in [-0.25, -0.2) is 4.98 Å². The topological polar surface area (TPSA) is 851 Å². The van der Waals surface area contributed by atoms with Crippen LogP contribution in [0.5, 0.6) is 11.5 Å². The maximum absolute atomic E-state index is 15.1. The van der Waals surface area contributed by atoms with Crippen molar-refractivity contribution in [3.05, 3.63) is 77.9 Å². The molecule has 0 aliphatic carbocycles. The Balaban J connectivity index is 2.02. The van der Waals surface area contributed by atoms with E-state index in [0.29, 0.717) is 17.5 Å². The number of aliphatic imine (C=N–C) groups is 3. The third-order valence-electron chi connectivity index (χ3n) is 20.7. The fourth-order valence-electron chi connectivity index (χ4n) is 13.8. The highest BCUT2D eigenvalue weighted by Gasteiger charge is 2.40. The minimum absolute atomic E-state index is 0.0134. The lowest BCUT2D eigenvalue weighted by atomic mass is 9.98. The highest BCUT2D eigenvalue weighted by Crippen LogP contribution is 2.19. The van der Waals surface area contributed by atoms with Crippen LogP contribution in [-0.4, -0.2) is 278 Å². The lowest BCUT2D eigenvalue weighted by molar-refractivity contribution is -0.138. The van der Waals surface area contributed by atoms with Gasteiger partial charge in [0.15, 0.2) is 17.9 Å². The number of aromatic hydroxyl groups is 2. The molecule has 0 aliphatic rings. The number of primary amides is 3. The van der Waals surface area contributed by atoms with Gasteiger partial charge in [-0.1, -0.05) is 79.7 Å². The van der Waals surface area contributed by atoms with Gasteiger partial charge in [0.05, 0.1) is 37.2 Å². The lowest BCUT2D eigenvalue weighted by Gasteiger charge is -2.30. The number of phenolic OH excluding ortho intramolecular Hbond substituents is 2. The number of nitrogens with zero attached hydrogens (tertiary/aromatic N) is 4. The molecule has 38 N–H and O–H groups in total. The van der Waals surface area contributed by atoms with Gasteiger partial charge in [-0.05, 0) is 137 Å². The van der Waals surface area contributed by atoms with Crippen molar-refractivity contribution in [2.75, 3.05) is 32.8 Å². The minimum Gasteiger partial charge on any atom is -0.508 e. The maximum Gasteiger partial charge on any atom is 0.245 e. The third kappa shape index (κ3) is 45.1. The van der Waals surface area contributed by atoms with Crippen LogP contribution in [0.4, 0.5) is 0 Å². The molecule has 0 bridgehead atoms. The molecule has 16 atom stereocenters. The number of aromatic amines is 1. The standard InChI is InChI=1S/C86H141N29O21/c1-42(2)31-52(103-81(134)65(40-116)113-71(124)46(9)102-48(11)118)39-100-55(15-12-28-97-84(90)91)72(125)111-63(36-51-38-96-41-101-51)78(131)110-62(35-50-20-24-54(120)25-21-50)77(130)108-60(32-43(3)4)76(129)112-64(37-67(88)122)79(132)109-61(33-44(5)6)80(133)114-68(45(7)8)82(135)115-69(47(10)117)83(136)106-57(17-14-30-99-86(94)95)73(126)105-58(26-27-66(87)121)75(128)104-56(16-13-29-98-85(92)93)74(127)107-59(70(89)123)34-49-18-22-53(119)23-19-49/h18-25,38,41-47,52,55-65,68-69,100,116-117,119-120H,12-17,26-37,39-40H2,1-11H3,(H2,87,121)(H2,88,122)(H2,89,123)(H,96,101)(H,102,118)(H,103,134)(H,104,128)(H,105,126)(H,106,136)(H,107,127)(H,108,130)(H,109,132)(H,110,131)(H,111,125)(H,112,129)(H,113,124)(H,114,133)(H,115,135)(H4,90,91,97)(H4,92,93,98)(H4,94,95,99)/t46-,47+,52-,55-,56-,57-,58-,59-,60-,61-,62-,63-,64-,65-,68-,69-/m0/s1. The summed E-state index contributed by atoms with van der Waals surface area (Å²) in [4.78, 5) is 256. The fraction of sp³-hybridized carbons (Fsp3) is 0.593. The Labute approximate surface area is 788 Å². The van der Waals surface area contributed by atoms with Crippen LogP contribution in [0.3, 0.4) is 0 Å². The largest absolute Gasteiger partial charge is 0.508 e. The zero-order valence-electron chi connectivity index (χ0n) is 78.7. The molecule has 0 saturated carbocycles. The average Bonchev–Trinajstić information content (AvgIpc) is 0.976. The smallest absolute Gasteiger partial charge is 0.245 e. The number of H-pyrrole nitrogens is 1.